The molecule has 23 heavy (non-hydrogen) atoms. The predicted molar refractivity (Wildman–Crippen MR) is 87.5 cm³/mol. The van der Waals surface area contributed by atoms with Crippen LogP contribution in [-0.4, -0.2) is 65.7 Å². The topological polar surface area (TPSA) is 59.5 Å². The number of rotatable bonds is 3. The predicted octanol–water partition coefficient (Wildman–Crippen LogP) is 1.61. The van der Waals surface area contributed by atoms with Crippen molar-refractivity contribution < 1.29 is 9.47 Å². The maximum absolute atomic E-state index is 6.25. The van der Waals surface area contributed by atoms with Crippen molar-refractivity contribution >= 4 is 5.82 Å². The SMILES string of the molecule is Cc1ccc(N[C@H]2CO[C@@]3(CCN(C4CCOCC4)C3)C2)nn1. The molecule has 4 rings (SSSR count). The average molecular weight is 318 g/mol. The second kappa shape index (κ2) is 6.34. The minimum atomic E-state index is 0.0358. The van der Waals surface area contributed by atoms with Gasteiger partial charge in [-0.3, -0.25) is 4.90 Å². The number of ether oxygens (including phenoxy) is 2. The molecule has 3 aliphatic rings. The lowest BCUT2D eigenvalue weighted by Gasteiger charge is -2.32. The van der Waals surface area contributed by atoms with Gasteiger partial charge < -0.3 is 14.8 Å². The Morgan fingerprint density at radius 1 is 1.26 bits per heavy atom. The molecule has 6 nitrogen and oxygen atoms in total. The van der Waals surface area contributed by atoms with Gasteiger partial charge in [-0.15, -0.1) is 5.10 Å². The van der Waals surface area contributed by atoms with Gasteiger partial charge in [0.1, 0.15) is 5.82 Å². The van der Waals surface area contributed by atoms with Crippen LogP contribution in [0, 0.1) is 6.92 Å². The molecule has 3 saturated heterocycles. The van der Waals surface area contributed by atoms with Crippen molar-refractivity contribution in [3.8, 4) is 0 Å². The number of nitrogens with one attached hydrogen (secondary N) is 1. The van der Waals surface area contributed by atoms with Crippen LogP contribution in [0.25, 0.3) is 0 Å². The Morgan fingerprint density at radius 2 is 2.13 bits per heavy atom. The first-order valence-electron chi connectivity index (χ1n) is 8.75. The molecule has 4 heterocycles. The molecule has 0 aromatic carbocycles. The van der Waals surface area contributed by atoms with Crippen LogP contribution in [0.1, 0.15) is 31.4 Å². The summed E-state index contributed by atoms with van der Waals surface area (Å²) in [5.41, 5.74) is 0.978. The van der Waals surface area contributed by atoms with Crippen LogP contribution in [0.3, 0.4) is 0 Å². The van der Waals surface area contributed by atoms with Crippen LogP contribution in [0.4, 0.5) is 5.82 Å². The molecule has 1 aromatic rings. The molecule has 0 radical (unpaired) electrons. The standard InChI is InChI=1S/C17H26N4O2/c1-13-2-3-16(20-19-13)18-14-10-17(23-11-14)6-7-21(12-17)15-4-8-22-9-5-15/h2-3,14-15H,4-12H2,1H3,(H,18,20)/t14-,17+/m1/s1. The molecule has 0 unspecified atom stereocenters. The monoisotopic (exact) mass is 318 g/mol. The first kappa shape index (κ1) is 15.3. The van der Waals surface area contributed by atoms with Crippen molar-refractivity contribution in [1.82, 2.24) is 15.1 Å². The second-order valence-corrected chi connectivity index (χ2v) is 7.16. The first-order chi connectivity index (χ1) is 11.2. The maximum Gasteiger partial charge on any atom is 0.148 e. The molecule has 3 fully saturated rings. The van der Waals surface area contributed by atoms with Crippen LogP contribution < -0.4 is 5.32 Å². The third kappa shape index (κ3) is 3.34. The van der Waals surface area contributed by atoms with Gasteiger partial charge >= 0.3 is 0 Å². The van der Waals surface area contributed by atoms with Gasteiger partial charge in [0.05, 0.1) is 23.9 Å². The van der Waals surface area contributed by atoms with Crippen LogP contribution in [0.15, 0.2) is 12.1 Å². The smallest absolute Gasteiger partial charge is 0.148 e. The third-order valence-electron chi connectivity index (χ3n) is 5.41. The number of likely N-dealkylation sites (tertiary alicyclic amines) is 1. The molecule has 2 atom stereocenters. The average Bonchev–Trinajstić information content (AvgIpc) is 3.18. The molecule has 0 aliphatic carbocycles. The summed E-state index contributed by atoms with van der Waals surface area (Å²) >= 11 is 0. The molecular formula is C17H26N4O2. The Morgan fingerprint density at radius 3 is 2.91 bits per heavy atom. The lowest BCUT2D eigenvalue weighted by Crippen LogP contribution is -2.41. The minimum absolute atomic E-state index is 0.0358. The fourth-order valence-corrected chi connectivity index (χ4v) is 4.14. The Balaban J connectivity index is 1.33. The molecule has 1 N–H and O–H groups in total. The van der Waals surface area contributed by atoms with Crippen molar-refractivity contribution in [2.45, 2.75) is 50.3 Å². The van der Waals surface area contributed by atoms with Gasteiger partial charge in [-0.25, -0.2) is 0 Å². The highest BCUT2D eigenvalue weighted by Gasteiger charge is 2.47. The Labute approximate surface area is 137 Å². The number of aromatic nitrogens is 2. The van der Waals surface area contributed by atoms with Gasteiger partial charge in [0.15, 0.2) is 0 Å². The van der Waals surface area contributed by atoms with Crippen molar-refractivity contribution in [3.05, 3.63) is 17.8 Å². The highest BCUT2D eigenvalue weighted by Crippen LogP contribution is 2.37. The van der Waals surface area contributed by atoms with E-state index < -0.39 is 0 Å². The van der Waals surface area contributed by atoms with Crippen LogP contribution in [-0.2, 0) is 9.47 Å². The van der Waals surface area contributed by atoms with Crippen LogP contribution in [0.2, 0.25) is 0 Å². The van der Waals surface area contributed by atoms with E-state index in [2.05, 4.69) is 20.4 Å². The van der Waals surface area contributed by atoms with E-state index in [0.29, 0.717) is 12.1 Å². The lowest BCUT2D eigenvalue weighted by molar-refractivity contribution is -0.00314. The number of hydrogen-bond donors (Lipinski definition) is 1. The van der Waals surface area contributed by atoms with E-state index in [0.717, 1.165) is 70.1 Å². The van der Waals surface area contributed by atoms with E-state index >= 15 is 0 Å². The van der Waals surface area contributed by atoms with Gasteiger partial charge in [-0.2, -0.15) is 5.10 Å². The lowest BCUT2D eigenvalue weighted by atomic mass is 9.97. The zero-order chi connectivity index (χ0) is 15.7. The molecule has 1 aromatic heterocycles. The largest absolute Gasteiger partial charge is 0.381 e. The van der Waals surface area contributed by atoms with Crippen molar-refractivity contribution in [1.29, 1.82) is 0 Å². The molecule has 1 spiro atoms. The van der Waals surface area contributed by atoms with Crippen LogP contribution in [0.5, 0.6) is 0 Å². The van der Waals surface area contributed by atoms with E-state index in [1.54, 1.807) is 0 Å². The van der Waals surface area contributed by atoms with Crippen molar-refractivity contribution in [2.75, 3.05) is 38.2 Å². The summed E-state index contributed by atoms with van der Waals surface area (Å²) in [5.74, 6) is 0.848. The molecule has 3 aliphatic heterocycles. The van der Waals surface area contributed by atoms with E-state index in [9.17, 15) is 0 Å². The van der Waals surface area contributed by atoms with Crippen LogP contribution >= 0.6 is 0 Å². The summed E-state index contributed by atoms with van der Waals surface area (Å²) < 4.78 is 11.7. The Hall–Kier alpha value is -1.24. The minimum Gasteiger partial charge on any atom is -0.381 e. The summed E-state index contributed by atoms with van der Waals surface area (Å²) in [5, 5.41) is 11.8. The van der Waals surface area contributed by atoms with Gasteiger partial charge in [-0.1, -0.05) is 0 Å². The molecule has 0 amide bonds. The quantitative estimate of drug-likeness (QED) is 0.914. The normalized spacial score (nSPS) is 32.7. The number of aryl methyl sites for hydroxylation is 1. The number of anilines is 1. The van der Waals surface area contributed by atoms with Crippen molar-refractivity contribution in [2.24, 2.45) is 0 Å². The van der Waals surface area contributed by atoms with E-state index in [1.165, 1.54) is 0 Å². The highest BCUT2D eigenvalue weighted by atomic mass is 16.5. The summed E-state index contributed by atoms with van der Waals surface area (Å²) in [6, 6.07) is 5.00. The fraction of sp³-hybridized carbons (Fsp3) is 0.765. The third-order valence-corrected chi connectivity index (χ3v) is 5.41. The highest BCUT2D eigenvalue weighted by molar-refractivity contribution is 5.34. The van der Waals surface area contributed by atoms with Gasteiger partial charge in [0.25, 0.3) is 0 Å². The molecular weight excluding hydrogens is 292 g/mol. The van der Waals surface area contributed by atoms with Crippen molar-refractivity contribution in [3.63, 3.8) is 0 Å². The summed E-state index contributed by atoms with van der Waals surface area (Å²) in [6.07, 6.45) is 4.53. The Kier molecular flexibility index (Phi) is 4.22. The first-order valence-corrected chi connectivity index (χ1v) is 8.75. The van der Waals surface area contributed by atoms with E-state index in [4.69, 9.17) is 9.47 Å². The molecule has 0 saturated carbocycles. The zero-order valence-corrected chi connectivity index (χ0v) is 13.8. The second-order valence-electron chi connectivity index (χ2n) is 7.16. The number of nitrogens with zero attached hydrogens (tertiary/aromatic N) is 3. The summed E-state index contributed by atoms with van der Waals surface area (Å²) in [4.78, 5) is 2.62. The Bertz CT molecular complexity index is 532. The van der Waals surface area contributed by atoms with Gasteiger partial charge in [-0.05, 0) is 38.3 Å². The van der Waals surface area contributed by atoms with Gasteiger partial charge in [0.2, 0.25) is 0 Å². The van der Waals surface area contributed by atoms with Gasteiger partial charge in [0, 0.05) is 38.8 Å². The van der Waals surface area contributed by atoms with E-state index in [1.807, 2.05) is 19.1 Å². The molecule has 0 bridgehead atoms. The van der Waals surface area contributed by atoms with E-state index in [-0.39, 0.29) is 5.60 Å². The number of hydrogen-bond acceptors (Lipinski definition) is 6. The molecule has 6 heteroatoms. The summed E-state index contributed by atoms with van der Waals surface area (Å²) in [7, 11) is 0. The molecule has 126 valence electrons. The zero-order valence-electron chi connectivity index (χ0n) is 13.8. The maximum atomic E-state index is 6.25. The summed E-state index contributed by atoms with van der Waals surface area (Å²) in [6.45, 7) is 6.75. The fourth-order valence-electron chi connectivity index (χ4n) is 4.14.